The van der Waals surface area contributed by atoms with Gasteiger partial charge < -0.3 is 19.5 Å². The fourth-order valence-corrected chi connectivity index (χ4v) is 2.94. The molecule has 6 heteroatoms. The molecule has 2 aromatic rings. The molecule has 0 amide bonds. The van der Waals surface area contributed by atoms with Gasteiger partial charge in [0.2, 0.25) is 5.88 Å². The minimum Gasteiger partial charge on any atom is -0.496 e. The quantitative estimate of drug-likeness (QED) is 0.650. The molecule has 0 fully saturated rings. The Balaban J connectivity index is 2.54. The Labute approximate surface area is 162 Å². The molecule has 0 atom stereocenters. The van der Waals surface area contributed by atoms with Gasteiger partial charge in [0.05, 0.1) is 26.5 Å². The summed E-state index contributed by atoms with van der Waals surface area (Å²) in [5.41, 5.74) is 2.41. The highest BCUT2D eigenvalue weighted by Crippen LogP contribution is 2.37. The zero-order chi connectivity index (χ0) is 19.8. The Morgan fingerprint density at radius 1 is 1.00 bits per heavy atom. The highest BCUT2D eigenvalue weighted by molar-refractivity contribution is 5.73. The lowest BCUT2D eigenvalue weighted by atomic mass is 10.1. The van der Waals surface area contributed by atoms with Crippen LogP contribution in [0.15, 0.2) is 18.2 Å². The number of benzene rings is 1. The zero-order valence-electron chi connectivity index (χ0n) is 17.3. The third-order valence-corrected chi connectivity index (χ3v) is 4.53. The number of rotatable bonds is 10. The number of methoxy groups -OCH3 is 2. The molecule has 0 aliphatic rings. The van der Waals surface area contributed by atoms with Crippen LogP contribution in [0, 0.1) is 0 Å². The van der Waals surface area contributed by atoms with Gasteiger partial charge in [-0.2, -0.15) is 4.98 Å². The van der Waals surface area contributed by atoms with Gasteiger partial charge in [-0.15, -0.1) is 0 Å². The van der Waals surface area contributed by atoms with Crippen molar-refractivity contribution in [2.24, 2.45) is 0 Å². The molecule has 0 spiro atoms. The van der Waals surface area contributed by atoms with E-state index in [0.29, 0.717) is 30.0 Å². The first-order valence-corrected chi connectivity index (χ1v) is 9.64. The SMILES string of the molecule is CCOc1ccc(-c2nc(CC)c(NC(CC)CC)nc2OC)c(OC)c1. The molecule has 0 unspecified atom stereocenters. The largest absolute Gasteiger partial charge is 0.496 e. The Morgan fingerprint density at radius 3 is 2.30 bits per heavy atom. The summed E-state index contributed by atoms with van der Waals surface area (Å²) in [6.07, 6.45) is 2.82. The van der Waals surface area contributed by atoms with E-state index in [-0.39, 0.29) is 0 Å². The molecular formula is C21H31N3O3. The van der Waals surface area contributed by atoms with Gasteiger partial charge in [-0.25, -0.2) is 4.98 Å². The first kappa shape index (κ1) is 20.8. The van der Waals surface area contributed by atoms with E-state index >= 15 is 0 Å². The second-order valence-electron chi connectivity index (χ2n) is 6.18. The van der Waals surface area contributed by atoms with Gasteiger partial charge in [-0.05, 0) is 38.3 Å². The molecule has 0 saturated heterocycles. The zero-order valence-corrected chi connectivity index (χ0v) is 17.3. The standard InChI is InChI=1S/C21H31N3O3/c1-7-14(8-2)22-20-17(9-3)23-19(21(24-20)26-6)16-12-11-15(27-10-4)13-18(16)25-5/h11-14H,7-10H2,1-6H3,(H,22,24). The number of hydrogen-bond acceptors (Lipinski definition) is 6. The van der Waals surface area contributed by atoms with Crippen molar-refractivity contribution in [2.45, 2.75) is 53.0 Å². The average Bonchev–Trinajstić information content (AvgIpc) is 2.71. The van der Waals surface area contributed by atoms with E-state index < -0.39 is 0 Å². The first-order chi connectivity index (χ1) is 13.1. The van der Waals surface area contributed by atoms with Crippen molar-refractivity contribution >= 4 is 5.82 Å². The van der Waals surface area contributed by atoms with Crippen molar-refractivity contribution < 1.29 is 14.2 Å². The van der Waals surface area contributed by atoms with Gasteiger partial charge in [0.15, 0.2) is 5.82 Å². The summed E-state index contributed by atoms with van der Waals surface area (Å²) in [6, 6.07) is 6.07. The van der Waals surface area contributed by atoms with Gasteiger partial charge in [-0.1, -0.05) is 20.8 Å². The molecule has 1 aromatic heterocycles. The van der Waals surface area contributed by atoms with Crippen LogP contribution in [0.5, 0.6) is 17.4 Å². The Bertz CT molecular complexity index is 746. The van der Waals surface area contributed by atoms with Crippen LogP contribution in [0.4, 0.5) is 5.82 Å². The minimum absolute atomic E-state index is 0.361. The third kappa shape index (κ3) is 4.81. The molecule has 0 aliphatic heterocycles. The second kappa shape index (κ2) is 10.00. The van der Waals surface area contributed by atoms with E-state index in [2.05, 4.69) is 26.1 Å². The lowest BCUT2D eigenvalue weighted by Crippen LogP contribution is -2.20. The Morgan fingerprint density at radius 2 is 1.74 bits per heavy atom. The van der Waals surface area contributed by atoms with Crippen molar-refractivity contribution in [3.63, 3.8) is 0 Å². The van der Waals surface area contributed by atoms with Crippen LogP contribution in [0.25, 0.3) is 11.3 Å². The number of aryl methyl sites for hydroxylation is 1. The lowest BCUT2D eigenvalue weighted by Gasteiger charge is -2.20. The number of anilines is 1. The van der Waals surface area contributed by atoms with E-state index in [1.807, 2.05) is 25.1 Å². The molecule has 2 rings (SSSR count). The lowest BCUT2D eigenvalue weighted by molar-refractivity contribution is 0.336. The summed E-state index contributed by atoms with van der Waals surface area (Å²) in [6.45, 7) is 8.96. The maximum absolute atomic E-state index is 5.57. The summed E-state index contributed by atoms with van der Waals surface area (Å²) in [7, 11) is 3.25. The summed E-state index contributed by atoms with van der Waals surface area (Å²) in [5.74, 6) is 2.70. The molecule has 6 nitrogen and oxygen atoms in total. The molecular weight excluding hydrogens is 342 g/mol. The third-order valence-electron chi connectivity index (χ3n) is 4.53. The van der Waals surface area contributed by atoms with Crippen molar-refractivity contribution in [1.29, 1.82) is 0 Å². The summed E-state index contributed by atoms with van der Waals surface area (Å²) < 4.78 is 16.7. The molecule has 0 radical (unpaired) electrons. The van der Waals surface area contributed by atoms with Crippen molar-refractivity contribution in [3.05, 3.63) is 23.9 Å². The number of ether oxygens (including phenoxy) is 3. The van der Waals surface area contributed by atoms with Crippen LogP contribution in [0.1, 0.15) is 46.2 Å². The summed E-state index contributed by atoms with van der Waals surface area (Å²) >= 11 is 0. The molecule has 27 heavy (non-hydrogen) atoms. The van der Waals surface area contributed by atoms with E-state index in [4.69, 9.17) is 24.2 Å². The molecule has 0 aliphatic carbocycles. The van der Waals surface area contributed by atoms with Crippen LogP contribution in [0.2, 0.25) is 0 Å². The number of hydrogen-bond donors (Lipinski definition) is 1. The van der Waals surface area contributed by atoms with Crippen LogP contribution < -0.4 is 19.5 Å². The van der Waals surface area contributed by atoms with Gasteiger partial charge >= 0.3 is 0 Å². The van der Waals surface area contributed by atoms with Gasteiger partial charge in [-0.3, -0.25) is 0 Å². The predicted molar refractivity (Wildman–Crippen MR) is 109 cm³/mol. The van der Waals surface area contributed by atoms with Crippen LogP contribution in [0.3, 0.4) is 0 Å². The number of nitrogens with zero attached hydrogens (tertiary/aromatic N) is 2. The maximum Gasteiger partial charge on any atom is 0.242 e. The van der Waals surface area contributed by atoms with Gasteiger partial charge in [0.1, 0.15) is 17.2 Å². The predicted octanol–water partition coefficient (Wildman–Crippen LogP) is 4.72. The van der Waals surface area contributed by atoms with Gasteiger partial charge in [0.25, 0.3) is 0 Å². The summed E-state index contributed by atoms with van der Waals surface area (Å²) in [5, 5.41) is 3.50. The van der Waals surface area contributed by atoms with Crippen LogP contribution >= 0.6 is 0 Å². The maximum atomic E-state index is 5.57. The first-order valence-electron chi connectivity index (χ1n) is 9.64. The second-order valence-corrected chi connectivity index (χ2v) is 6.18. The fourth-order valence-electron chi connectivity index (χ4n) is 2.94. The molecule has 1 heterocycles. The number of aromatic nitrogens is 2. The number of nitrogens with one attached hydrogen (secondary N) is 1. The van der Waals surface area contributed by atoms with E-state index in [1.165, 1.54) is 0 Å². The highest BCUT2D eigenvalue weighted by atomic mass is 16.5. The van der Waals surface area contributed by atoms with Crippen LogP contribution in [-0.4, -0.2) is 36.8 Å². The van der Waals surface area contributed by atoms with Crippen LogP contribution in [-0.2, 0) is 6.42 Å². The normalized spacial score (nSPS) is 10.8. The van der Waals surface area contributed by atoms with E-state index in [9.17, 15) is 0 Å². The minimum atomic E-state index is 0.361. The molecule has 148 valence electrons. The Hall–Kier alpha value is -2.50. The average molecular weight is 373 g/mol. The molecule has 0 bridgehead atoms. The van der Waals surface area contributed by atoms with Crippen molar-refractivity contribution in [1.82, 2.24) is 9.97 Å². The molecule has 1 N–H and O–H groups in total. The monoisotopic (exact) mass is 373 g/mol. The Kier molecular flexibility index (Phi) is 7.70. The van der Waals surface area contributed by atoms with Gasteiger partial charge in [0, 0.05) is 17.7 Å². The van der Waals surface area contributed by atoms with Crippen molar-refractivity contribution in [3.8, 4) is 28.6 Å². The smallest absolute Gasteiger partial charge is 0.242 e. The van der Waals surface area contributed by atoms with E-state index in [1.54, 1.807) is 14.2 Å². The highest BCUT2D eigenvalue weighted by Gasteiger charge is 2.20. The summed E-state index contributed by atoms with van der Waals surface area (Å²) in [4.78, 5) is 9.59. The van der Waals surface area contributed by atoms with Crippen molar-refractivity contribution in [2.75, 3.05) is 26.1 Å². The fraction of sp³-hybridized carbons (Fsp3) is 0.524. The molecule has 1 aromatic carbocycles. The van der Waals surface area contributed by atoms with E-state index in [0.717, 1.165) is 42.1 Å². The molecule has 0 saturated carbocycles. The topological polar surface area (TPSA) is 65.5 Å².